The van der Waals surface area contributed by atoms with Gasteiger partial charge in [-0.15, -0.1) is 0 Å². The van der Waals surface area contributed by atoms with Gasteiger partial charge in [-0.1, -0.05) is 112 Å². The van der Waals surface area contributed by atoms with Gasteiger partial charge in [0.15, 0.2) is 0 Å². The Morgan fingerprint density at radius 2 is 1.10 bits per heavy atom. The Kier molecular flexibility index (Phi) is 18.9. The number of carbonyl (C=O) groups excluding carboxylic acids is 5. The summed E-state index contributed by atoms with van der Waals surface area (Å²) in [6.45, 7) is 17.9. The van der Waals surface area contributed by atoms with Crippen LogP contribution < -0.4 is 31.9 Å². The van der Waals surface area contributed by atoms with Crippen molar-refractivity contribution in [3.05, 3.63) is 127 Å². The lowest BCUT2D eigenvalue weighted by Crippen LogP contribution is -2.53. The molecule has 84 heavy (non-hydrogen) atoms. The maximum absolute atomic E-state index is 15.0. The number of piperazine rings is 2. The van der Waals surface area contributed by atoms with E-state index in [4.69, 9.17) is 46.4 Å². The number of halogens is 9. The number of hydrogen-bond acceptors (Lipinski definition) is 10. The SMILES string of the molecule is CC(C)(C)C[C@H]1N[C@@H](C(=O)CCCN2CCNCC2)[C@H](c2cccc(Cl)c2)[C@@]12C(=O)Nc1cc(Cl)c(F)cc12.CC(C)(C)C[C@H]1N[C@@H](C(=O)NCCN2CCN(C(=O)C(F)(F)F)CC2)[C@H](c2cccc(Cl)c2)[C@@]12C(=O)Nc1cc(Cl)c(F)cc12. The monoisotopic (exact) mass is 1250 g/mol. The summed E-state index contributed by atoms with van der Waals surface area (Å²) < 4.78 is 68.5. The fourth-order valence-corrected chi connectivity index (χ4v) is 14.4. The molecule has 23 heteroatoms. The third-order valence-electron chi connectivity index (χ3n) is 17.2. The number of amides is 4. The van der Waals surface area contributed by atoms with Gasteiger partial charge in [-0.2, -0.15) is 13.2 Å². The van der Waals surface area contributed by atoms with Crippen molar-refractivity contribution >= 4 is 87.2 Å². The number of rotatable bonds is 13. The quantitative estimate of drug-likeness (QED) is 0.0710. The number of hydrogen-bond donors (Lipinski definition) is 6. The first-order chi connectivity index (χ1) is 39.5. The smallest absolute Gasteiger partial charge is 0.353 e. The first-order valence-corrected chi connectivity index (χ1v) is 30.0. The van der Waals surface area contributed by atoms with Gasteiger partial charge in [0.1, 0.15) is 28.2 Å². The zero-order valence-electron chi connectivity index (χ0n) is 47.8. The Morgan fingerprint density at radius 1 is 0.631 bits per heavy atom. The highest BCUT2D eigenvalue weighted by atomic mass is 35.5. The van der Waals surface area contributed by atoms with Gasteiger partial charge in [0, 0.05) is 117 Å². The normalized spacial score (nSPS) is 26.2. The van der Waals surface area contributed by atoms with Crippen LogP contribution in [0.4, 0.5) is 33.3 Å². The molecule has 14 nitrogen and oxygen atoms in total. The van der Waals surface area contributed by atoms with Crippen LogP contribution >= 0.6 is 46.4 Å². The van der Waals surface area contributed by atoms with Crippen LogP contribution in [-0.4, -0.2) is 146 Å². The van der Waals surface area contributed by atoms with Crippen LogP contribution in [0.15, 0.2) is 72.8 Å². The molecule has 8 atom stereocenters. The van der Waals surface area contributed by atoms with Crippen molar-refractivity contribution in [3.63, 3.8) is 0 Å². The van der Waals surface area contributed by atoms with Crippen molar-refractivity contribution in [2.75, 3.05) is 82.6 Å². The van der Waals surface area contributed by atoms with Gasteiger partial charge in [-0.3, -0.25) is 28.9 Å². The van der Waals surface area contributed by atoms with Gasteiger partial charge >= 0.3 is 12.1 Å². The summed E-state index contributed by atoms with van der Waals surface area (Å²) in [5.41, 5.74) is 0.158. The summed E-state index contributed by atoms with van der Waals surface area (Å²) in [5.74, 6) is -5.45. The molecular formula is C61H72Cl4F5N9O5. The molecule has 6 N–H and O–H groups in total. The minimum absolute atomic E-state index is 0.0516. The predicted octanol–water partition coefficient (Wildman–Crippen LogP) is 9.84. The fraction of sp³-hybridized carbons (Fsp3) is 0.525. The number of alkyl halides is 3. The lowest BCUT2D eigenvalue weighted by molar-refractivity contribution is -0.187. The Balaban J connectivity index is 0.000000204. The molecule has 4 fully saturated rings. The largest absolute Gasteiger partial charge is 0.471 e. The Bertz CT molecular complexity index is 3170. The van der Waals surface area contributed by atoms with Gasteiger partial charge in [0.2, 0.25) is 17.7 Å². The number of ketones is 1. The van der Waals surface area contributed by atoms with Gasteiger partial charge in [-0.25, -0.2) is 8.78 Å². The lowest BCUT2D eigenvalue weighted by atomic mass is 9.62. The summed E-state index contributed by atoms with van der Waals surface area (Å²) in [7, 11) is 0. The minimum atomic E-state index is -4.92. The van der Waals surface area contributed by atoms with E-state index in [9.17, 15) is 37.1 Å². The molecule has 6 heterocycles. The second-order valence-corrected chi connectivity index (χ2v) is 27.0. The molecule has 0 aliphatic carbocycles. The van der Waals surface area contributed by atoms with E-state index in [0.717, 1.165) is 49.6 Å². The van der Waals surface area contributed by atoms with E-state index in [1.807, 2.05) is 43.9 Å². The molecule has 6 aliphatic heterocycles. The standard InChI is InChI=1S/C31H35Cl2F4N5O3.C30H37Cl2FN4O2/c1-29(2,3)16-23-30(19-14-21(34)20(33)15-22(19)39-27(30)44)24(17-5-4-6-18(32)13-17)25(40-23)26(43)38-7-8-41-9-11-42(12-10-41)28(45)31(35,36)37;1-29(2,3)17-25-30(20-15-22(33)21(32)16-23(20)35-28(30)39)26(18-6-4-7-19(31)14-18)27(36-25)24(38)8-5-11-37-12-9-34-10-13-37/h4-6,13-15,23-25,40H,7-12,16H2,1-3H3,(H,38,43)(H,39,44);4,6-7,14-16,25-27,34,36H,5,8-13,17H2,1-3H3,(H,35,39)/t23-,24+,25-,30+;25-,26+,27+,30+/m11/s1. The molecule has 454 valence electrons. The van der Waals surface area contributed by atoms with Gasteiger partial charge < -0.3 is 41.7 Å². The number of nitrogens with one attached hydrogen (secondary N) is 6. The van der Waals surface area contributed by atoms with Gasteiger partial charge in [0.05, 0.1) is 22.1 Å². The van der Waals surface area contributed by atoms with Crippen molar-refractivity contribution in [1.29, 1.82) is 0 Å². The summed E-state index contributed by atoms with van der Waals surface area (Å²) in [4.78, 5) is 72.9. The van der Waals surface area contributed by atoms with E-state index in [1.54, 1.807) is 30.3 Å². The zero-order chi connectivity index (χ0) is 60.8. The summed E-state index contributed by atoms with van der Waals surface area (Å²) in [6.07, 6.45) is -2.72. The zero-order valence-corrected chi connectivity index (χ0v) is 50.8. The molecule has 4 saturated heterocycles. The molecule has 0 radical (unpaired) electrons. The van der Waals surface area contributed by atoms with Crippen LogP contribution in [0.3, 0.4) is 0 Å². The maximum Gasteiger partial charge on any atom is 0.471 e. The lowest BCUT2D eigenvalue weighted by Gasteiger charge is -2.37. The van der Waals surface area contributed by atoms with Crippen LogP contribution in [0.1, 0.15) is 101 Å². The molecule has 6 aliphatic rings. The summed E-state index contributed by atoms with van der Waals surface area (Å²) in [5, 5.41) is 20.0. The predicted molar refractivity (Wildman–Crippen MR) is 317 cm³/mol. The molecule has 0 bridgehead atoms. The topological polar surface area (TPSA) is 167 Å². The minimum Gasteiger partial charge on any atom is -0.353 e. The van der Waals surface area contributed by atoms with Crippen molar-refractivity contribution < 1.29 is 45.9 Å². The Morgan fingerprint density at radius 3 is 1.56 bits per heavy atom. The van der Waals surface area contributed by atoms with Crippen LogP contribution in [-0.2, 0) is 34.8 Å². The van der Waals surface area contributed by atoms with Crippen LogP contribution in [0.5, 0.6) is 0 Å². The molecular weight excluding hydrogens is 1180 g/mol. The molecule has 4 amide bonds. The number of carbonyl (C=O) groups is 5. The molecule has 10 rings (SSSR count). The van der Waals surface area contributed by atoms with Crippen molar-refractivity contribution in [1.82, 2.24) is 36.0 Å². The molecule has 2 spiro atoms. The van der Waals surface area contributed by atoms with Crippen LogP contribution in [0, 0.1) is 22.5 Å². The number of nitrogens with zero attached hydrogens (tertiary/aromatic N) is 3. The number of anilines is 2. The maximum atomic E-state index is 15.0. The van der Waals surface area contributed by atoms with Crippen molar-refractivity contribution in [3.8, 4) is 0 Å². The molecule has 0 aromatic heterocycles. The summed E-state index contributed by atoms with van der Waals surface area (Å²) in [6, 6.07) is 17.2. The second-order valence-electron chi connectivity index (χ2n) is 25.3. The Hall–Kier alpha value is -4.96. The van der Waals surface area contributed by atoms with Gasteiger partial charge in [-0.05, 0) is 107 Å². The highest BCUT2D eigenvalue weighted by Gasteiger charge is 2.67. The highest BCUT2D eigenvalue weighted by Crippen LogP contribution is 2.59. The van der Waals surface area contributed by atoms with Crippen LogP contribution in [0.25, 0.3) is 0 Å². The highest BCUT2D eigenvalue weighted by molar-refractivity contribution is 6.32. The third kappa shape index (κ3) is 13.0. The van der Waals surface area contributed by atoms with E-state index in [2.05, 4.69) is 57.6 Å². The Labute approximate surface area is 507 Å². The molecule has 0 saturated carbocycles. The average molecular weight is 1250 g/mol. The average Bonchev–Trinajstić information content (AvgIpc) is 1.59. The van der Waals surface area contributed by atoms with Crippen molar-refractivity contribution in [2.24, 2.45) is 10.8 Å². The summed E-state index contributed by atoms with van der Waals surface area (Å²) >= 11 is 25.1. The van der Waals surface area contributed by atoms with E-state index in [-0.39, 0.29) is 71.2 Å². The van der Waals surface area contributed by atoms with E-state index in [1.165, 1.54) is 24.3 Å². The number of fused-ring (bicyclic) bond motifs is 4. The first-order valence-electron chi connectivity index (χ1n) is 28.5. The molecule has 4 aromatic rings. The van der Waals surface area contributed by atoms with E-state index >= 15 is 8.78 Å². The second kappa shape index (κ2) is 25.0. The molecule has 4 aromatic carbocycles. The molecule has 0 unspecified atom stereocenters. The fourth-order valence-electron chi connectivity index (χ4n) is 13.7. The third-order valence-corrected chi connectivity index (χ3v) is 18.2. The number of benzene rings is 4. The number of Topliss-reactive ketones (excluding diaryl/α,β-unsaturated/α-hetero) is 1. The van der Waals surface area contributed by atoms with Crippen molar-refractivity contribution in [2.45, 2.75) is 120 Å². The van der Waals surface area contributed by atoms with E-state index < -0.39 is 76.5 Å². The van der Waals surface area contributed by atoms with Gasteiger partial charge in [0.25, 0.3) is 0 Å². The van der Waals surface area contributed by atoms with Crippen LogP contribution in [0.2, 0.25) is 20.1 Å². The van der Waals surface area contributed by atoms with E-state index in [0.29, 0.717) is 63.9 Å². The first kappa shape index (κ1) is 63.5.